The summed E-state index contributed by atoms with van der Waals surface area (Å²) in [5.41, 5.74) is 0.855. The molecule has 0 spiro atoms. The Bertz CT molecular complexity index is 1130. The molecule has 4 N–H and O–H groups in total. The van der Waals surface area contributed by atoms with E-state index in [1.54, 1.807) is 14.1 Å². The van der Waals surface area contributed by atoms with E-state index in [9.17, 15) is 29.0 Å². The molecular weight excluding hydrogens is 575 g/mol. The molecule has 1 saturated carbocycles. The molecule has 2 rings (SSSR count). The number of aliphatic hydroxyl groups excluding tert-OH is 2. The summed E-state index contributed by atoms with van der Waals surface area (Å²) in [5, 5.41) is 27.2. The fourth-order valence-corrected chi connectivity index (χ4v) is 5.67. The molecule has 10 heteroatoms. The molecule has 1 aliphatic rings. The van der Waals surface area contributed by atoms with E-state index in [0.29, 0.717) is 19.5 Å². The van der Waals surface area contributed by atoms with Gasteiger partial charge < -0.3 is 25.7 Å². The van der Waals surface area contributed by atoms with Gasteiger partial charge >= 0.3 is 0 Å². The molecule has 0 saturated heterocycles. The lowest BCUT2D eigenvalue weighted by Crippen LogP contribution is -2.56. The average molecular weight is 627 g/mol. The zero-order valence-corrected chi connectivity index (χ0v) is 26.8. The highest BCUT2D eigenvalue weighted by molar-refractivity contribution is 5.91. The number of alkyl halides is 1. The largest absolute Gasteiger partial charge is 0.389 e. The van der Waals surface area contributed by atoms with Crippen LogP contribution in [0.25, 0.3) is 0 Å². The number of aliphatic hydroxyl groups is 2. The van der Waals surface area contributed by atoms with Crippen molar-refractivity contribution < 1.29 is 29.0 Å². The van der Waals surface area contributed by atoms with Crippen molar-refractivity contribution in [2.75, 3.05) is 34.0 Å². The van der Waals surface area contributed by atoms with E-state index in [1.807, 2.05) is 30.3 Å². The SMILES string of the molecule is C#CCC[C@H](NC(=O)C(CC(=O)N(C)CCN(C)CF)Cc1ccccc1)C(=O)NC(CC1CCCCC1)C(O)C(O)CC#C. The van der Waals surface area contributed by atoms with Crippen molar-refractivity contribution in [2.24, 2.45) is 11.8 Å². The quantitative estimate of drug-likeness (QED) is 0.138. The Kier molecular flexibility index (Phi) is 17.2. The van der Waals surface area contributed by atoms with E-state index in [-0.39, 0.29) is 43.9 Å². The minimum absolute atomic E-state index is 0.0663. The lowest BCUT2D eigenvalue weighted by Gasteiger charge is -2.33. The number of nitrogens with zero attached hydrogens (tertiary/aromatic N) is 2. The number of terminal acetylenes is 2. The monoisotopic (exact) mass is 626 g/mol. The van der Waals surface area contributed by atoms with Crippen LogP contribution in [0.4, 0.5) is 4.39 Å². The number of carbonyl (C=O) groups is 3. The molecule has 1 aliphatic carbocycles. The van der Waals surface area contributed by atoms with Gasteiger partial charge in [0.2, 0.25) is 17.7 Å². The number of carbonyl (C=O) groups excluding carboxylic acids is 3. The van der Waals surface area contributed by atoms with Crippen molar-refractivity contribution >= 4 is 17.7 Å². The first kappa shape index (κ1) is 37.7. The van der Waals surface area contributed by atoms with Gasteiger partial charge in [0.15, 0.2) is 0 Å². The molecule has 0 bridgehead atoms. The molecule has 1 fully saturated rings. The lowest BCUT2D eigenvalue weighted by molar-refractivity contribution is -0.137. The van der Waals surface area contributed by atoms with Gasteiger partial charge in [-0.15, -0.1) is 24.7 Å². The van der Waals surface area contributed by atoms with Gasteiger partial charge in [-0.1, -0.05) is 62.4 Å². The minimum Gasteiger partial charge on any atom is -0.389 e. The maximum atomic E-state index is 13.7. The zero-order chi connectivity index (χ0) is 33.2. The molecule has 1 aromatic carbocycles. The Morgan fingerprint density at radius 1 is 1.00 bits per heavy atom. The number of hydrogen-bond donors (Lipinski definition) is 4. The molecule has 0 radical (unpaired) electrons. The van der Waals surface area contributed by atoms with Crippen molar-refractivity contribution in [3.05, 3.63) is 35.9 Å². The number of hydrogen-bond acceptors (Lipinski definition) is 6. The molecule has 0 aliphatic heterocycles. The Labute approximate surface area is 268 Å². The normalized spacial score (nSPS) is 16.8. The van der Waals surface area contributed by atoms with Crippen LogP contribution in [0.1, 0.15) is 69.8 Å². The fraction of sp³-hybridized carbons (Fsp3) is 0.629. The maximum absolute atomic E-state index is 13.7. The molecule has 3 amide bonds. The van der Waals surface area contributed by atoms with Crippen LogP contribution in [0.5, 0.6) is 0 Å². The van der Waals surface area contributed by atoms with E-state index < -0.39 is 48.8 Å². The predicted octanol–water partition coefficient (Wildman–Crippen LogP) is 2.65. The van der Waals surface area contributed by atoms with Crippen molar-refractivity contribution in [2.45, 2.75) is 94.9 Å². The molecule has 5 atom stereocenters. The number of nitrogens with one attached hydrogen (secondary N) is 2. The third-order valence-corrected chi connectivity index (χ3v) is 8.55. The van der Waals surface area contributed by atoms with Gasteiger partial charge in [0.25, 0.3) is 0 Å². The predicted molar refractivity (Wildman–Crippen MR) is 173 cm³/mol. The summed E-state index contributed by atoms with van der Waals surface area (Å²) in [7, 11) is 3.22. The average Bonchev–Trinajstić information content (AvgIpc) is 3.05. The summed E-state index contributed by atoms with van der Waals surface area (Å²) in [6.45, 7) is -0.00150. The summed E-state index contributed by atoms with van der Waals surface area (Å²) in [4.78, 5) is 43.5. The Hall–Kier alpha value is -3.44. The summed E-state index contributed by atoms with van der Waals surface area (Å²) in [5.74, 6) is 3.08. The van der Waals surface area contributed by atoms with Crippen LogP contribution in [0.2, 0.25) is 0 Å². The number of likely N-dealkylation sites (N-methyl/N-ethyl adjacent to an activating group) is 2. The molecule has 9 nitrogen and oxygen atoms in total. The molecule has 248 valence electrons. The second-order valence-corrected chi connectivity index (χ2v) is 12.2. The van der Waals surface area contributed by atoms with E-state index in [1.165, 1.54) is 9.80 Å². The summed E-state index contributed by atoms with van der Waals surface area (Å²) >= 11 is 0. The Morgan fingerprint density at radius 3 is 2.31 bits per heavy atom. The topological polar surface area (TPSA) is 122 Å². The highest BCUT2D eigenvalue weighted by Gasteiger charge is 2.34. The third-order valence-electron chi connectivity index (χ3n) is 8.55. The summed E-state index contributed by atoms with van der Waals surface area (Å²) in [6.07, 6.45) is 14.5. The Balaban J connectivity index is 2.23. The second kappa shape index (κ2) is 20.6. The smallest absolute Gasteiger partial charge is 0.242 e. The minimum atomic E-state index is -1.29. The van der Waals surface area contributed by atoms with Gasteiger partial charge in [-0.3, -0.25) is 19.3 Å². The van der Waals surface area contributed by atoms with Gasteiger partial charge in [0, 0.05) is 39.4 Å². The van der Waals surface area contributed by atoms with Crippen molar-refractivity contribution in [3.63, 3.8) is 0 Å². The highest BCUT2D eigenvalue weighted by Crippen LogP contribution is 2.28. The van der Waals surface area contributed by atoms with Crippen molar-refractivity contribution in [1.82, 2.24) is 20.4 Å². The molecular formula is C35H51FN4O5. The molecule has 1 aromatic rings. The molecule has 45 heavy (non-hydrogen) atoms. The van der Waals surface area contributed by atoms with Crippen LogP contribution in [-0.2, 0) is 20.8 Å². The molecule has 0 aromatic heterocycles. The first-order valence-electron chi connectivity index (χ1n) is 16.0. The van der Waals surface area contributed by atoms with E-state index in [0.717, 1.165) is 37.7 Å². The second-order valence-electron chi connectivity index (χ2n) is 12.2. The number of rotatable bonds is 19. The lowest BCUT2D eigenvalue weighted by atomic mass is 9.82. The van der Waals surface area contributed by atoms with Crippen LogP contribution >= 0.6 is 0 Å². The van der Waals surface area contributed by atoms with Crippen molar-refractivity contribution in [1.29, 1.82) is 0 Å². The molecule has 4 unspecified atom stereocenters. The van der Waals surface area contributed by atoms with Crippen LogP contribution in [0, 0.1) is 36.5 Å². The van der Waals surface area contributed by atoms with Gasteiger partial charge in [0.05, 0.1) is 18.1 Å². The standard InChI is InChI=1S/C35H51FN4O5/c1-5-7-19-29(35(45)38-30(33(43)31(41)14-6-2)23-27-17-12-9-13-18-27)37-34(44)28(22-26-15-10-8-11-16-26)24-32(42)40(4)21-20-39(3)25-36/h1-2,8,10-11,15-16,27-31,33,41,43H,7,9,12-14,17-25H2,3-4H3,(H,37,44)(H,38,45)/t28?,29-,30?,31?,33?/m0/s1. The van der Waals surface area contributed by atoms with Gasteiger partial charge in [-0.25, -0.2) is 4.39 Å². The number of benzene rings is 1. The van der Waals surface area contributed by atoms with Gasteiger partial charge in [-0.2, -0.15) is 0 Å². The molecule has 0 heterocycles. The highest BCUT2D eigenvalue weighted by atomic mass is 19.1. The summed E-state index contributed by atoms with van der Waals surface area (Å²) in [6, 6.07) is 7.49. The van der Waals surface area contributed by atoms with E-state index >= 15 is 0 Å². The summed E-state index contributed by atoms with van der Waals surface area (Å²) < 4.78 is 12.9. The first-order chi connectivity index (χ1) is 21.6. The van der Waals surface area contributed by atoms with E-state index in [4.69, 9.17) is 12.8 Å². The van der Waals surface area contributed by atoms with Crippen LogP contribution in [0.3, 0.4) is 0 Å². The fourth-order valence-electron chi connectivity index (χ4n) is 5.67. The number of amides is 3. The maximum Gasteiger partial charge on any atom is 0.242 e. The van der Waals surface area contributed by atoms with Gasteiger partial charge in [-0.05, 0) is 37.8 Å². The van der Waals surface area contributed by atoms with Crippen LogP contribution < -0.4 is 10.6 Å². The van der Waals surface area contributed by atoms with Crippen LogP contribution in [0.15, 0.2) is 30.3 Å². The van der Waals surface area contributed by atoms with E-state index in [2.05, 4.69) is 22.5 Å². The van der Waals surface area contributed by atoms with Crippen molar-refractivity contribution in [3.8, 4) is 24.7 Å². The number of halogens is 1. The first-order valence-corrected chi connectivity index (χ1v) is 16.0. The van der Waals surface area contributed by atoms with Gasteiger partial charge in [0.1, 0.15) is 18.9 Å². The van der Waals surface area contributed by atoms with Crippen LogP contribution in [-0.4, -0.2) is 96.0 Å². The third kappa shape index (κ3) is 13.6. The Morgan fingerprint density at radius 2 is 1.69 bits per heavy atom. The zero-order valence-electron chi connectivity index (χ0n) is 26.8.